The second-order valence-electron chi connectivity index (χ2n) is 7.07. The molecule has 1 spiro atoms. The molecule has 0 N–H and O–H groups in total. The van der Waals surface area contributed by atoms with Gasteiger partial charge in [-0.05, 0) is 68.5 Å². The number of rotatable bonds is 4. The first-order chi connectivity index (χ1) is 14.0. The minimum absolute atomic E-state index is 0.118. The molecule has 6 heteroatoms. The molecule has 1 aliphatic heterocycles. The number of allylic oxidation sites excluding steroid dienone is 2. The maximum Gasteiger partial charge on any atom is 0.342 e. The standard InChI is InChI=1S/C23H18Br3NO2/c24-19-12-5-4-10-17(19)18-11-6-9-16(13-14-20(25)26)23(18)22(28)29-21(27-23)15-7-2-1-3-8-15/h1-10,12,14,16,18H,11,13H2/t16-,18?,23?/m0/s1. The second-order valence-corrected chi connectivity index (χ2v) is 10.7. The monoisotopic (exact) mass is 577 g/mol. The Morgan fingerprint density at radius 1 is 1.14 bits per heavy atom. The molecule has 0 bridgehead atoms. The molecule has 4 rings (SSSR count). The average molecular weight is 580 g/mol. The first-order valence-corrected chi connectivity index (χ1v) is 11.7. The van der Waals surface area contributed by atoms with E-state index in [4.69, 9.17) is 9.73 Å². The zero-order valence-corrected chi connectivity index (χ0v) is 20.2. The van der Waals surface area contributed by atoms with Crippen LogP contribution in [0.25, 0.3) is 0 Å². The summed E-state index contributed by atoms with van der Waals surface area (Å²) >= 11 is 10.5. The van der Waals surface area contributed by atoms with E-state index in [1.807, 2.05) is 54.6 Å². The Kier molecular flexibility index (Phi) is 6.23. The highest BCUT2D eigenvalue weighted by atomic mass is 79.9. The van der Waals surface area contributed by atoms with Crippen LogP contribution in [-0.4, -0.2) is 17.4 Å². The van der Waals surface area contributed by atoms with E-state index in [1.165, 1.54) is 0 Å². The highest BCUT2D eigenvalue weighted by Gasteiger charge is 2.57. The quantitative estimate of drug-likeness (QED) is 0.293. The van der Waals surface area contributed by atoms with Crippen molar-refractivity contribution >= 4 is 59.7 Å². The van der Waals surface area contributed by atoms with E-state index in [1.54, 1.807) is 0 Å². The van der Waals surface area contributed by atoms with Crippen molar-refractivity contribution in [1.82, 2.24) is 0 Å². The Morgan fingerprint density at radius 2 is 1.86 bits per heavy atom. The van der Waals surface area contributed by atoms with E-state index in [2.05, 4.69) is 66.0 Å². The van der Waals surface area contributed by atoms with Gasteiger partial charge in [-0.3, -0.25) is 0 Å². The molecule has 0 saturated carbocycles. The zero-order chi connectivity index (χ0) is 20.4. The number of halogens is 3. The SMILES string of the molecule is O=C1OC(c2ccccc2)=NC12C(c1ccccc1Br)CC=C[C@H]2CC=C(Br)Br. The average Bonchev–Trinajstić information content (AvgIpc) is 3.06. The second kappa shape index (κ2) is 8.70. The fourth-order valence-corrected chi connectivity index (χ4v) is 5.06. The largest absolute Gasteiger partial charge is 0.405 e. The Morgan fingerprint density at radius 3 is 2.59 bits per heavy atom. The summed E-state index contributed by atoms with van der Waals surface area (Å²) in [6.45, 7) is 0. The molecule has 0 aromatic heterocycles. The molecule has 29 heavy (non-hydrogen) atoms. The van der Waals surface area contributed by atoms with Gasteiger partial charge in [0.05, 0.1) is 3.39 Å². The number of benzene rings is 2. The first kappa shape index (κ1) is 20.8. The van der Waals surface area contributed by atoms with Crippen LogP contribution in [0.4, 0.5) is 0 Å². The molecule has 2 aromatic carbocycles. The van der Waals surface area contributed by atoms with Gasteiger partial charge in [-0.25, -0.2) is 9.79 Å². The van der Waals surface area contributed by atoms with Gasteiger partial charge >= 0.3 is 5.97 Å². The smallest absolute Gasteiger partial charge is 0.342 e. The molecule has 0 fully saturated rings. The van der Waals surface area contributed by atoms with Crippen LogP contribution in [-0.2, 0) is 9.53 Å². The van der Waals surface area contributed by atoms with Crippen molar-refractivity contribution in [2.24, 2.45) is 10.9 Å². The summed E-state index contributed by atoms with van der Waals surface area (Å²) in [5.41, 5.74) is 0.878. The molecule has 2 unspecified atom stereocenters. The van der Waals surface area contributed by atoms with Crippen LogP contribution in [0.5, 0.6) is 0 Å². The number of hydrogen-bond donors (Lipinski definition) is 0. The highest BCUT2D eigenvalue weighted by molar-refractivity contribution is 9.28. The van der Waals surface area contributed by atoms with Gasteiger partial charge < -0.3 is 4.74 Å². The fourth-order valence-electron chi connectivity index (χ4n) is 4.12. The summed E-state index contributed by atoms with van der Waals surface area (Å²) < 4.78 is 7.62. The molecule has 1 aliphatic carbocycles. The van der Waals surface area contributed by atoms with Gasteiger partial charge in [0.15, 0.2) is 5.54 Å². The van der Waals surface area contributed by atoms with Gasteiger partial charge in [0, 0.05) is 21.9 Å². The van der Waals surface area contributed by atoms with Crippen molar-refractivity contribution in [3.8, 4) is 0 Å². The lowest BCUT2D eigenvalue weighted by Gasteiger charge is -2.39. The molecule has 1 heterocycles. The fraction of sp³-hybridized carbons (Fsp3) is 0.217. The Bertz CT molecular complexity index is 1010. The number of nitrogens with zero attached hydrogens (tertiary/aromatic N) is 1. The lowest BCUT2D eigenvalue weighted by Crippen LogP contribution is -2.48. The molecule has 3 atom stereocenters. The number of aliphatic imine (C=N–C) groups is 1. The van der Waals surface area contributed by atoms with Crippen molar-refractivity contribution in [3.63, 3.8) is 0 Å². The Hall–Kier alpha value is -1.50. The number of carbonyl (C=O) groups excluding carboxylic acids is 1. The summed E-state index contributed by atoms with van der Waals surface area (Å²) in [4.78, 5) is 18.5. The van der Waals surface area contributed by atoms with Crippen LogP contribution < -0.4 is 0 Å². The number of cyclic esters (lactones) is 1. The third kappa shape index (κ3) is 3.94. The molecule has 0 saturated heterocycles. The minimum Gasteiger partial charge on any atom is -0.405 e. The predicted molar refractivity (Wildman–Crippen MR) is 126 cm³/mol. The number of hydrogen-bond acceptors (Lipinski definition) is 3. The Balaban J connectivity index is 1.87. The molecule has 2 aromatic rings. The van der Waals surface area contributed by atoms with Gasteiger partial charge in [-0.1, -0.05) is 70.6 Å². The third-order valence-electron chi connectivity index (χ3n) is 5.47. The van der Waals surface area contributed by atoms with Crippen LogP contribution in [0.3, 0.4) is 0 Å². The van der Waals surface area contributed by atoms with Crippen molar-refractivity contribution in [3.05, 3.63) is 91.8 Å². The summed E-state index contributed by atoms with van der Waals surface area (Å²) in [5, 5.41) is 0. The maximum atomic E-state index is 13.5. The van der Waals surface area contributed by atoms with Gasteiger partial charge in [0.2, 0.25) is 5.90 Å². The maximum absolute atomic E-state index is 13.5. The van der Waals surface area contributed by atoms with E-state index < -0.39 is 5.54 Å². The van der Waals surface area contributed by atoms with Crippen molar-refractivity contribution in [1.29, 1.82) is 0 Å². The van der Waals surface area contributed by atoms with Crippen LogP contribution in [0.15, 0.2) is 85.7 Å². The van der Waals surface area contributed by atoms with E-state index in [0.717, 1.165) is 25.4 Å². The third-order valence-corrected chi connectivity index (χ3v) is 6.84. The first-order valence-electron chi connectivity index (χ1n) is 9.32. The number of ether oxygens (including phenoxy) is 1. The van der Waals surface area contributed by atoms with Crippen LogP contribution in [0.1, 0.15) is 29.9 Å². The van der Waals surface area contributed by atoms with Crippen LogP contribution >= 0.6 is 47.8 Å². The highest BCUT2D eigenvalue weighted by Crippen LogP contribution is 2.50. The molecule has 148 valence electrons. The lowest BCUT2D eigenvalue weighted by atomic mass is 9.66. The molecule has 3 nitrogen and oxygen atoms in total. The number of carbonyl (C=O) groups is 1. The van der Waals surface area contributed by atoms with Gasteiger partial charge in [0.25, 0.3) is 0 Å². The molecule has 0 radical (unpaired) electrons. The van der Waals surface area contributed by atoms with Crippen LogP contribution in [0, 0.1) is 5.92 Å². The molecular formula is C23H18Br3NO2. The van der Waals surface area contributed by atoms with E-state index in [0.29, 0.717) is 12.3 Å². The van der Waals surface area contributed by atoms with E-state index in [-0.39, 0.29) is 17.8 Å². The summed E-state index contributed by atoms with van der Waals surface area (Å²) in [6.07, 6.45) is 7.65. The summed E-state index contributed by atoms with van der Waals surface area (Å²) in [7, 11) is 0. The van der Waals surface area contributed by atoms with Crippen molar-refractivity contribution in [2.75, 3.05) is 0 Å². The van der Waals surface area contributed by atoms with Crippen molar-refractivity contribution in [2.45, 2.75) is 24.3 Å². The topological polar surface area (TPSA) is 38.7 Å². The summed E-state index contributed by atoms with van der Waals surface area (Å²) in [5.74, 6) is -0.128. The van der Waals surface area contributed by atoms with Crippen molar-refractivity contribution < 1.29 is 9.53 Å². The molecule has 2 aliphatic rings. The molecule has 0 amide bonds. The molecular weight excluding hydrogens is 562 g/mol. The lowest BCUT2D eigenvalue weighted by molar-refractivity contribution is -0.141. The Labute approximate surface area is 195 Å². The van der Waals surface area contributed by atoms with Gasteiger partial charge in [-0.2, -0.15) is 0 Å². The zero-order valence-electron chi connectivity index (χ0n) is 15.4. The van der Waals surface area contributed by atoms with Gasteiger partial charge in [-0.15, -0.1) is 0 Å². The predicted octanol–water partition coefficient (Wildman–Crippen LogP) is 6.87. The minimum atomic E-state index is -1.00. The normalized spacial score (nSPS) is 25.6. The van der Waals surface area contributed by atoms with E-state index in [9.17, 15) is 4.79 Å². The number of esters is 1. The van der Waals surface area contributed by atoms with Gasteiger partial charge in [0.1, 0.15) is 0 Å². The van der Waals surface area contributed by atoms with E-state index >= 15 is 0 Å². The summed E-state index contributed by atoms with van der Waals surface area (Å²) in [6, 6.07) is 17.7. The van der Waals surface area contributed by atoms with Crippen LogP contribution in [0.2, 0.25) is 0 Å².